The van der Waals surface area contributed by atoms with Gasteiger partial charge in [0.05, 0.1) is 22.4 Å². The summed E-state index contributed by atoms with van der Waals surface area (Å²) < 4.78 is 0. The number of aromatic nitrogens is 5. The number of fused-ring (bicyclic) bond motifs is 2. The number of para-hydroxylation sites is 2. The van der Waals surface area contributed by atoms with Crippen molar-refractivity contribution in [3.8, 4) is 22.9 Å². The molecule has 0 radical (unpaired) electrons. The van der Waals surface area contributed by atoms with Crippen LogP contribution in [0.4, 0.5) is 0 Å². The highest BCUT2D eigenvalue weighted by Crippen LogP contribution is 2.30. The van der Waals surface area contributed by atoms with E-state index in [9.17, 15) is 0 Å². The Labute approximate surface area is 137 Å². The number of benzene rings is 2. The minimum Gasteiger partial charge on any atom is -0.360 e. The van der Waals surface area contributed by atoms with Crippen LogP contribution in [0.1, 0.15) is 0 Å². The van der Waals surface area contributed by atoms with Crippen LogP contribution in [0, 0.1) is 0 Å². The van der Waals surface area contributed by atoms with Crippen LogP contribution in [0.25, 0.3) is 44.7 Å². The minimum absolute atomic E-state index is 0.621. The van der Waals surface area contributed by atoms with Gasteiger partial charge < -0.3 is 4.98 Å². The molecule has 2 N–H and O–H groups in total. The standard InChI is InChI=1S/C19H13N5/c1-3-8-14-12(6-1)17(16-10-5-11-20-16)22-19(21-14)18-13-7-2-4-9-15(13)23-24-18/h1-11,20H,(H,23,24). The lowest BCUT2D eigenvalue weighted by atomic mass is 10.1. The molecule has 0 aliphatic carbocycles. The highest BCUT2D eigenvalue weighted by Gasteiger charge is 2.15. The van der Waals surface area contributed by atoms with Gasteiger partial charge in [0.2, 0.25) is 0 Å². The van der Waals surface area contributed by atoms with Crippen molar-refractivity contribution in [1.82, 2.24) is 25.1 Å². The van der Waals surface area contributed by atoms with Crippen molar-refractivity contribution < 1.29 is 0 Å². The minimum atomic E-state index is 0.621. The van der Waals surface area contributed by atoms with E-state index in [1.807, 2.05) is 66.9 Å². The summed E-state index contributed by atoms with van der Waals surface area (Å²) in [7, 11) is 0. The van der Waals surface area contributed by atoms with Crippen molar-refractivity contribution in [2.75, 3.05) is 0 Å². The Kier molecular flexibility index (Phi) is 2.72. The summed E-state index contributed by atoms with van der Waals surface area (Å²) in [5.74, 6) is 0.621. The van der Waals surface area contributed by atoms with Crippen molar-refractivity contribution in [3.05, 3.63) is 66.9 Å². The number of H-pyrrole nitrogens is 2. The second kappa shape index (κ2) is 5.03. The molecule has 24 heavy (non-hydrogen) atoms. The highest BCUT2D eigenvalue weighted by atomic mass is 15.1. The molecule has 114 valence electrons. The van der Waals surface area contributed by atoms with Gasteiger partial charge >= 0.3 is 0 Å². The van der Waals surface area contributed by atoms with Gasteiger partial charge in [-0.25, -0.2) is 9.97 Å². The molecule has 0 bridgehead atoms. The van der Waals surface area contributed by atoms with Crippen molar-refractivity contribution in [3.63, 3.8) is 0 Å². The molecule has 0 aliphatic rings. The Morgan fingerprint density at radius 2 is 1.54 bits per heavy atom. The maximum atomic E-state index is 4.81. The van der Waals surface area contributed by atoms with E-state index in [0.717, 1.165) is 38.9 Å². The van der Waals surface area contributed by atoms with Crippen LogP contribution in [0.2, 0.25) is 0 Å². The van der Waals surface area contributed by atoms with E-state index in [2.05, 4.69) is 15.2 Å². The lowest BCUT2D eigenvalue weighted by Crippen LogP contribution is -1.95. The normalized spacial score (nSPS) is 11.3. The number of nitrogens with one attached hydrogen (secondary N) is 2. The van der Waals surface area contributed by atoms with Gasteiger partial charge in [-0.2, -0.15) is 5.10 Å². The monoisotopic (exact) mass is 311 g/mol. The van der Waals surface area contributed by atoms with Gasteiger partial charge in [-0.3, -0.25) is 5.10 Å². The largest absolute Gasteiger partial charge is 0.360 e. The Morgan fingerprint density at radius 3 is 2.42 bits per heavy atom. The highest BCUT2D eigenvalue weighted by molar-refractivity contribution is 5.96. The molecule has 0 unspecified atom stereocenters. The zero-order valence-corrected chi connectivity index (χ0v) is 12.7. The SMILES string of the molecule is c1c[nH]c(-c2nc(-c3n[nH]c4ccccc34)nc3ccccc23)c1. The van der Waals surface area contributed by atoms with E-state index in [1.165, 1.54) is 0 Å². The molecule has 0 aliphatic heterocycles. The third-order valence-corrected chi connectivity index (χ3v) is 4.14. The fraction of sp³-hybridized carbons (Fsp3) is 0. The molecule has 0 amide bonds. The van der Waals surface area contributed by atoms with E-state index < -0.39 is 0 Å². The molecule has 3 heterocycles. The number of hydrogen-bond acceptors (Lipinski definition) is 3. The lowest BCUT2D eigenvalue weighted by Gasteiger charge is -2.06. The van der Waals surface area contributed by atoms with Crippen LogP contribution < -0.4 is 0 Å². The smallest absolute Gasteiger partial charge is 0.181 e. The molecule has 0 spiro atoms. The second-order valence-electron chi connectivity index (χ2n) is 5.61. The molecule has 5 aromatic rings. The Morgan fingerprint density at radius 1 is 0.708 bits per heavy atom. The van der Waals surface area contributed by atoms with Crippen molar-refractivity contribution >= 4 is 21.8 Å². The quantitative estimate of drug-likeness (QED) is 0.514. The average molecular weight is 311 g/mol. The molecule has 0 saturated heterocycles. The predicted octanol–water partition coefficient (Wildman–Crippen LogP) is 4.17. The lowest BCUT2D eigenvalue weighted by molar-refractivity contribution is 1.09. The van der Waals surface area contributed by atoms with Gasteiger partial charge in [-0.1, -0.05) is 36.4 Å². The zero-order valence-electron chi connectivity index (χ0n) is 12.7. The summed E-state index contributed by atoms with van der Waals surface area (Å²) in [6, 6.07) is 20.0. The van der Waals surface area contributed by atoms with Gasteiger partial charge in [0.15, 0.2) is 5.82 Å². The van der Waals surface area contributed by atoms with Crippen molar-refractivity contribution in [1.29, 1.82) is 0 Å². The first kappa shape index (κ1) is 13.0. The summed E-state index contributed by atoms with van der Waals surface area (Å²) in [6.07, 6.45) is 1.90. The first-order valence-electron chi connectivity index (χ1n) is 7.74. The average Bonchev–Trinajstić information content (AvgIpc) is 3.30. The molecule has 0 atom stereocenters. The summed E-state index contributed by atoms with van der Waals surface area (Å²) in [5.41, 5.74) is 4.50. The van der Waals surface area contributed by atoms with E-state index in [4.69, 9.17) is 9.97 Å². The number of nitrogens with zero attached hydrogens (tertiary/aromatic N) is 3. The summed E-state index contributed by atoms with van der Waals surface area (Å²) in [6.45, 7) is 0. The van der Waals surface area contributed by atoms with E-state index in [-0.39, 0.29) is 0 Å². The predicted molar refractivity (Wildman–Crippen MR) is 94.4 cm³/mol. The maximum Gasteiger partial charge on any atom is 0.181 e. The van der Waals surface area contributed by atoms with Gasteiger partial charge in [-0.05, 0) is 24.3 Å². The van der Waals surface area contributed by atoms with Gasteiger partial charge in [-0.15, -0.1) is 0 Å². The summed E-state index contributed by atoms with van der Waals surface area (Å²) >= 11 is 0. The molecule has 0 fully saturated rings. The zero-order chi connectivity index (χ0) is 15.9. The first-order chi connectivity index (χ1) is 11.9. The van der Waals surface area contributed by atoms with Crippen LogP contribution in [-0.2, 0) is 0 Å². The van der Waals surface area contributed by atoms with Crippen LogP contribution in [0.5, 0.6) is 0 Å². The van der Waals surface area contributed by atoms with E-state index >= 15 is 0 Å². The topological polar surface area (TPSA) is 70.2 Å². The van der Waals surface area contributed by atoms with Crippen molar-refractivity contribution in [2.24, 2.45) is 0 Å². The number of rotatable bonds is 2. The molecular weight excluding hydrogens is 298 g/mol. The Hall–Kier alpha value is -3.47. The van der Waals surface area contributed by atoms with Crippen LogP contribution in [0.15, 0.2) is 66.9 Å². The third kappa shape index (κ3) is 1.91. The Bertz CT molecular complexity index is 1160. The van der Waals surface area contributed by atoms with Crippen LogP contribution in [0.3, 0.4) is 0 Å². The molecule has 3 aromatic heterocycles. The molecule has 0 saturated carbocycles. The van der Waals surface area contributed by atoms with E-state index in [0.29, 0.717) is 5.82 Å². The summed E-state index contributed by atoms with van der Waals surface area (Å²) in [5, 5.41) is 9.52. The fourth-order valence-electron chi connectivity index (χ4n) is 3.00. The first-order valence-corrected chi connectivity index (χ1v) is 7.74. The third-order valence-electron chi connectivity index (χ3n) is 4.14. The fourth-order valence-corrected chi connectivity index (χ4v) is 3.00. The van der Waals surface area contributed by atoms with Gasteiger partial charge in [0, 0.05) is 17.0 Å². The number of aromatic amines is 2. The maximum absolute atomic E-state index is 4.81. The Balaban J connectivity index is 1.84. The van der Waals surface area contributed by atoms with Crippen LogP contribution in [-0.4, -0.2) is 25.1 Å². The van der Waals surface area contributed by atoms with Gasteiger partial charge in [0.1, 0.15) is 5.69 Å². The molecule has 5 nitrogen and oxygen atoms in total. The van der Waals surface area contributed by atoms with Gasteiger partial charge in [0.25, 0.3) is 0 Å². The molecular formula is C19H13N5. The van der Waals surface area contributed by atoms with E-state index in [1.54, 1.807) is 0 Å². The molecule has 2 aromatic carbocycles. The summed E-state index contributed by atoms with van der Waals surface area (Å²) in [4.78, 5) is 12.8. The van der Waals surface area contributed by atoms with Crippen molar-refractivity contribution in [2.45, 2.75) is 0 Å². The second-order valence-corrected chi connectivity index (χ2v) is 5.61. The molecule has 5 heteroatoms. The number of hydrogen-bond donors (Lipinski definition) is 2. The van der Waals surface area contributed by atoms with Crippen LogP contribution >= 0.6 is 0 Å². The molecule has 5 rings (SSSR count).